The SMILES string of the molecule is CC(=O)c1ccc(C(=O)N2CCN(CC(=O)Nc3cccc(C)c3C)CC2)s1. The Morgan fingerprint density at radius 3 is 2.32 bits per heavy atom. The first-order chi connectivity index (χ1) is 13.3. The molecule has 1 saturated heterocycles. The number of hydrogen-bond donors (Lipinski definition) is 1. The lowest BCUT2D eigenvalue weighted by Crippen LogP contribution is -2.50. The van der Waals surface area contributed by atoms with Gasteiger partial charge in [-0.15, -0.1) is 11.3 Å². The Balaban J connectivity index is 1.50. The number of anilines is 1. The van der Waals surface area contributed by atoms with Gasteiger partial charge in [0.15, 0.2) is 5.78 Å². The number of rotatable bonds is 5. The summed E-state index contributed by atoms with van der Waals surface area (Å²) in [4.78, 5) is 41.4. The van der Waals surface area contributed by atoms with Crippen LogP contribution >= 0.6 is 11.3 Å². The Hall–Kier alpha value is -2.51. The molecule has 1 aliphatic rings. The number of carbonyl (C=O) groups is 3. The van der Waals surface area contributed by atoms with E-state index >= 15 is 0 Å². The zero-order chi connectivity index (χ0) is 20.3. The van der Waals surface area contributed by atoms with Crippen LogP contribution in [0.5, 0.6) is 0 Å². The number of hydrogen-bond acceptors (Lipinski definition) is 5. The lowest BCUT2D eigenvalue weighted by atomic mass is 10.1. The molecule has 2 amide bonds. The summed E-state index contributed by atoms with van der Waals surface area (Å²) in [6.45, 7) is 8.27. The van der Waals surface area contributed by atoms with Crippen molar-refractivity contribution in [2.24, 2.45) is 0 Å². The predicted molar refractivity (Wildman–Crippen MR) is 111 cm³/mol. The van der Waals surface area contributed by atoms with Gasteiger partial charge in [0.25, 0.3) is 5.91 Å². The molecule has 1 aromatic heterocycles. The number of amides is 2. The molecule has 1 N–H and O–H groups in total. The van der Waals surface area contributed by atoms with Crippen LogP contribution in [-0.2, 0) is 4.79 Å². The molecule has 6 nitrogen and oxygen atoms in total. The third-order valence-electron chi connectivity index (χ3n) is 5.07. The number of nitrogens with zero attached hydrogens (tertiary/aromatic N) is 2. The number of benzene rings is 1. The zero-order valence-corrected chi connectivity index (χ0v) is 17.3. The van der Waals surface area contributed by atoms with Crippen molar-refractivity contribution in [3.05, 3.63) is 51.2 Å². The fourth-order valence-corrected chi connectivity index (χ4v) is 4.06. The van der Waals surface area contributed by atoms with Crippen molar-refractivity contribution >= 4 is 34.6 Å². The van der Waals surface area contributed by atoms with E-state index in [4.69, 9.17) is 0 Å². The second-order valence-electron chi connectivity index (χ2n) is 7.08. The predicted octanol–water partition coefficient (Wildman–Crippen LogP) is 2.96. The number of Topliss-reactive ketones (excluding diaryl/α,β-unsaturated/α-hetero) is 1. The molecule has 0 radical (unpaired) electrons. The Kier molecular flexibility index (Phi) is 6.26. The van der Waals surface area contributed by atoms with E-state index in [9.17, 15) is 14.4 Å². The number of aryl methyl sites for hydroxylation is 1. The van der Waals surface area contributed by atoms with Gasteiger partial charge in [-0.1, -0.05) is 12.1 Å². The molecule has 1 aliphatic heterocycles. The molecular weight excluding hydrogens is 374 g/mol. The molecule has 2 aromatic rings. The first-order valence-corrected chi connectivity index (χ1v) is 10.2. The molecule has 0 bridgehead atoms. The van der Waals surface area contributed by atoms with E-state index in [1.807, 2.05) is 32.0 Å². The summed E-state index contributed by atoms with van der Waals surface area (Å²) in [5, 5.41) is 2.98. The fourth-order valence-electron chi connectivity index (χ4n) is 3.19. The van der Waals surface area contributed by atoms with Crippen molar-refractivity contribution in [1.29, 1.82) is 0 Å². The van der Waals surface area contributed by atoms with Crippen LogP contribution in [0.25, 0.3) is 0 Å². The molecule has 7 heteroatoms. The minimum absolute atomic E-state index is 0.0243. The van der Waals surface area contributed by atoms with E-state index < -0.39 is 0 Å². The van der Waals surface area contributed by atoms with Crippen LogP contribution in [0.3, 0.4) is 0 Å². The zero-order valence-electron chi connectivity index (χ0n) is 16.4. The number of piperazine rings is 1. The van der Waals surface area contributed by atoms with Crippen molar-refractivity contribution in [3.63, 3.8) is 0 Å². The lowest BCUT2D eigenvalue weighted by Gasteiger charge is -2.34. The minimum Gasteiger partial charge on any atom is -0.335 e. The van der Waals surface area contributed by atoms with Crippen LogP contribution in [0.1, 0.15) is 37.4 Å². The number of ketones is 1. The van der Waals surface area contributed by atoms with Gasteiger partial charge in [-0.2, -0.15) is 0 Å². The molecule has 0 aliphatic carbocycles. The van der Waals surface area contributed by atoms with Gasteiger partial charge in [0.1, 0.15) is 0 Å². The van der Waals surface area contributed by atoms with Crippen molar-refractivity contribution < 1.29 is 14.4 Å². The highest BCUT2D eigenvalue weighted by Gasteiger charge is 2.24. The van der Waals surface area contributed by atoms with Crippen molar-refractivity contribution in [2.45, 2.75) is 20.8 Å². The average Bonchev–Trinajstić information content (AvgIpc) is 3.16. The first-order valence-electron chi connectivity index (χ1n) is 9.33. The summed E-state index contributed by atoms with van der Waals surface area (Å²) in [6.07, 6.45) is 0. The van der Waals surface area contributed by atoms with Crippen LogP contribution in [0.15, 0.2) is 30.3 Å². The lowest BCUT2D eigenvalue weighted by molar-refractivity contribution is -0.117. The number of thiophene rings is 1. The summed E-state index contributed by atoms with van der Waals surface area (Å²) >= 11 is 1.24. The Morgan fingerprint density at radius 2 is 1.68 bits per heavy atom. The van der Waals surface area contributed by atoms with Crippen LogP contribution in [0, 0.1) is 13.8 Å². The van der Waals surface area contributed by atoms with Crippen LogP contribution < -0.4 is 5.32 Å². The summed E-state index contributed by atoms with van der Waals surface area (Å²) in [7, 11) is 0. The van der Waals surface area contributed by atoms with E-state index in [0.29, 0.717) is 42.5 Å². The maximum Gasteiger partial charge on any atom is 0.264 e. The molecule has 0 saturated carbocycles. The third kappa shape index (κ3) is 4.66. The summed E-state index contributed by atoms with van der Waals surface area (Å²) in [5.74, 6) is -0.112. The number of carbonyl (C=O) groups excluding carboxylic acids is 3. The Labute approximate surface area is 169 Å². The molecule has 0 spiro atoms. The van der Waals surface area contributed by atoms with E-state index in [-0.39, 0.29) is 17.6 Å². The molecule has 148 valence electrons. The number of nitrogens with one attached hydrogen (secondary N) is 1. The summed E-state index contributed by atoms with van der Waals surface area (Å²) in [5.41, 5.74) is 3.07. The van der Waals surface area contributed by atoms with Gasteiger partial charge in [-0.05, 0) is 50.1 Å². The van der Waals surface area contributed by atoms with Crippen LogP contribution in [-0.4, -0.2) is 60.1 Å². The van der Waals surface area contributed by atoms with E-state index in [0.717, 1.165) is 16.8 Å². The molecule has 1 aromatic carbocycles. The Bertz CT molecular complexity index is 898. The van der Waals surface area contributed by atoms with Gasteiger partial charge in [-0.25, -0.2) is 0 Å². The summed E-state index contributed by atoms with van der Waals surface area (Å²) < 4.78 is 0. The van der Waals surface area contributed by atoms with Crippen molar-refractivity contribution in [3.8, 4) is 0 Å². The maximum absolute atomic E-state index is 12.6. The highest BCUT2D eigenvalue weighted by molar-refractivity contribution is 7.15. The van der Waals surface area contributed by atoms with Gasteiger partial charge in [0.2, 0.25) is 5.91 Å². The minimum atomic E-state index is -0.0445. The largest absolute Gasteiger partial charge is 0.335 e. The second-order valence-corrected chi connectivity index (χ2v) is 8.17. The molecule has 0 atom stereocenters. The normalized spacial score (nSPS) is 14.8. The molecule has 2 heterocycles. The van der Waals surface area contributed by atoms with Gasteiger partial charge in [0, 0.05) is 31.9 Å². The van der Waals surface area contributed by atoms with Gasteiger partial charge < -0.3 is 10.2 Å². The quantitative estimate of drug-likeness (QED) is 0.785. The smallest absolute Gasteiger partial charge is 0.264 e. The highest BCUT2D eigenvalue weighted by atomic mass is 32.1. The molecule has 1 fully saturated rings. The molecule has 3 rings (SSSR count). The average molecular weight is 400 g/mol. The standard InChI is InChI=1S/C21H25N3O3S/c1-14-5-4-6-17(15(14)2)22-20(26)13-23-9-11-24(12-10-23)21(27)19-8-7-18(28-19)16(3)25/h4-8H,9-13H2,1-3H3,(H,22,26). The van der Waals surface area contributed by atoms with Gasteiger partial charge >= 0.3 is 0 Å². The fraction of sp³-hybridized carbons (Fsp3) is 0.381. The second kappa shape index (κ2) is 8.67. The van der Waals surface area contributed by atoms with E-state index in [2.05, 4.69) is 10.2 Å². The summed E-state index contributed by atoms with van der Waals surface area (Å²) in [6, 6.07) is 9.29. The Morgan fingerprint density at radius 1 is 1.00 bits per heavy atom. The van der Waals surface area contributed by atoms with Crippen molar-refractivity contribution in [1.82, 2.24) is 9.80 Å². The first kappa shape index (κ1) is 20.2. The molecule has 28 heavy (non-hydrogen) atoms. The molecular formula is C21H25N3O3S. The van der Waals surface area contributed by atoms with Crippen LogP contribution in [0.4, 0.5) is 5.69 Å². The monoisotopic (exact) mass is 399 g/mol. The van der Waals surface area contributed by atoms with Crippen molar-refractivity contribution in [2.75, 3.05) is 38.0 Å². The van der Waals surface area contributed by atoms with Gasteiger partial charge in [0.05, 0.1) is 16.3 Å². The van der Waals surface area contributed by atoms with Gasteiger partial charge in [-0.3, -0.25) is 19.3 Å². The van der Waals surface area contributed by atoms with E-state index in [1.54, 1.807) is 17.0 Å². The highest BCUT2D eigenvalue weighted by Crippen LogP contribution is 2.20. The topological polar surface area (TPSA) is 69.7 Å². The van der Waals surface area contributed by atoms with Crippen LogP contribution in [0.2, 0.25) is 0 Å². The maximum atomic E-state index is 12.6. The molecule has 0 unspecified atom stereocenters. The van der Waals surface area contributed by atoms with E-state index in [1.165, 1.54) is 18.3 Å². The third-order valence-corrected chi connectivity index (χ3v) is 6.24.